The largest absolute Gasteiger partial charge is 0.355 e. The normalized spacial score (nSPS) is 17.2. The topological polar surface area (TPSA) is 54.2 Å². The number of halogens is 1. The number of hydrogen-bond acceptors (Lipinski definition) is 3. The van der Waals surface area contributed by atoms with Crippen LogP contribution in [0.2, 0.25) is 0 Å². The van der Waals surface area contributed by atoms with Crippen LogP contribution in [0.5, 0.6) is 0 Å². The average Bonchev–Trinajstić information content (AvgIpc) is 3.30. The van der Waals surface area contributed by atoms with Gasteiger partial charge in [0.2, 0.25) is 0 Å². The lowest BCUT2D eigenvalue weighted by Crippen LogP contribution is -2.39. The predicted octanol–water partition coefficient (Wildman–Crippen LogP) is 3.11. The van der Waals surface area contributed by atoms with Gasteiger partial charge in [-0.15, -0.1) is 24.0 Å². The summed E-state index contributed by atoms with van der Waals surface area (Å²) in [5.41, 5.74) is 2.54. The Labute approximate surface area is 171 Å². The predicted molar refractivity (Wildman–Crippen MR) is 117 cm³/mol. The fraction of sp³-hybridized carbons (Fsp3) is 0.444. The first-order chi connectivity index (χ1) is 11.8. The number of rotatable bonds is 6. The van der Waals surface area contributed by atoms with Crippen LogP contribution in [0.25, 0.3) is 0 Å². The van der Waals surface area contributed by atoms with Gasteiger partial charge in [0.05, 0.1) is 6.54 Å². The Morgan fingerprint density at radius 3 is 2.80 bits per heavy atom. The van der Waals surface area contributed by atoms with E-state index in [-0.39, 0.29) is 24.0 Å². The summed E-state index contributed by atoms with van der Waals surface area (Å²) >= 11 is 2.06. The molecule has 25 heavy (non-hydrogen) atoms. The smallest absolute Gasteiger partial charge is 0.191 e. The molecule has 1 atom stereocenters. The third-order valence-electron chi connectivity index (χ3n) is 4.20. The second-order valence-electron chi connectivity index (χ2n) is 5.91. The van der Waals surface area contributed by atoms with E-state index in [1.165, 1.54) is 29.7 Å². The van der Waals surface area contributed by atoms with Crippen LogP contribution in [0.15, 0.2) is 47.7 Å². The van der Waals surface area contributed by atoms with Gasteiger partial charge in [-0.25, -0.2) is 0 Å². The Kier molecular flexibility index (Phi) is 8.60. The highest BCUT2D eigenvalue weighted by molar-refractivity contribution is 14.0. The van der Waals surface area contributed by atoms with Crippen molar-refractivity contribution in [3.8, 4) is 0 Å². The molecule has 2 N–H and O–H groups in total. The minimum atomic E-state index is 0. The lowest BCUT2D eigenvalue weighted by atomic mass is 10.1. The number of benzene rings is 1. The van der Waals surface area contributed by atoms with Crippen molar-refractivity contribution >= 4 is 41.7 Å². The Balaban J connectivity index is 0.00000225. The number of guanidine groups is 1. The fourth-order valence-electron chi connectivity index (χ4n) is 2.87. The summed E-state index contributed by atoms with van der Waals surface area (Å²) in [6, 6.07) is 10.4. The van der Waals surface area contributed by atoms with E-state index in [0.29, 0.717) is 0 Å². The maximum atomic E-state index is 4.34. The van der Waals surface area contributed by atoms with Gasteiger partial charge in [0.1, 0.15) is 0 Å². The standard InChI is InChI=1S/C18H25N5S.HI/c1-19-18(21-13-17-8-4-11-24-17)20-12-15-6-2-3-7-16(15)14-23-10-5-9-22-23;/h2-3,5-7,9-10,17H,4,8,11-14H2,1H3,(H2,19,20,21);1H. The number of nitrogens with one attached hydrogen (secondary N) is 2. The van der Waals surface area contributed by atoms with Crippen LogP contribution >= 0.6 is 35.7 Å². The molecule has 2 heterocycles. The summed E-state index contributed by atoms with van der Waals surface area (Å²) < 4.78 is 1.95. The molecule has 1 aromatic heterocycles. The van der Waals surface area contributed by atoms with Gasteiger partial charge in [0, 0.05) is 37.8 Å². The second kappa shape index (κ2) is 10.7. The third kappa shape index (κ3) is 6.22. The molecule has 7 heteroatoms. The lowest BCUT2D eigenvalue weighted by Gasteiger charge is -2.16. The first kappa shape index (κ1) is 20.1. The maximum absolute atomic E-state index is 4.34. The molecule has 5 nitrogen and oxygen atoms in total. The van der Waals surface area contributed by atoms with Gasteiger partial charge in [-0.1, -0.05) is 24.3 Å². The quantitative estimate of drug-likeness (QED) is 0.386. The molecule has 1 fully saturated rings. The Morgan fingerprint density at radius 2 is 2.12 bits per heavy atom. The number of aromatic nitrogens is 2. The van der Waals surface area contributed by atoms with E-state index in [2.05, 4.69) is 56.8 Å². The molecular weight excluding hydrogens is 445 g/mol. The molecular formula is C18H26IN5S. The van der Waals surface area contributed by atoms with Crippen molar-refractivity contribution in [2.75, 3.05) is 19.3 Å². The fourth-order valence-corrected chi connectivity index (χ4v) is 4.07. The summed E-state index contributed by atoms with van der Waals surface area (Å²) in [5, 5.41) is 11.9. The number of nitrogens with zero attached hydrogens (tertiary/aromatic N) is 3. The van der Waals surface area contributed by atoms with Gasteiger partial charge in [0.25, 0.3) is 0 Å². The van der Waals surface area contributed by atoms with Crippen LogP contribution in [0.1, 0.15) is 24.0 Å². The van der Waals surface area contributed by atoms with E-state index in [4.69, 9.17) is 0 Å². The highest BCUT2D eigenvalue weighted by Crippen LogP contribution is 2.25. The van der Waals surface area contributed by atoms with Crippen molar-refractivity contribution < 1.29 is 0 Å². The zero-order chi connectivity index (χ0) is 16.6. The summed E-state index contributed by atoms with van der Waals surface area (Å²) in [6.45, 7) is 2.53. The summed E-state index contributed by atoms with van der Waals surface area (Å²) in [5.74, 6) is 2.16. The molecule has 1 aliphatic rings. The van der Waals surface area contributed by atoms with Crippen LogP contribution in [0, 0.1) is 0 Å². The van der Waals surface area contributed by atoms with Crippen LogP contribution < -0.4 is 10.6 Å². The molecule has 0 amide bonds. The van der Waals surface area contributed by atoms with E-state index in [9.17, 15) is 0 Å². The van der Waals surface area contributed by atoms with Crippen LogP contribution in [0.4, 0.5) is 0 Å². The maximum Gasteiger partial charge on any atom is 0.191 e. The minimum absolute atomic E-state index is 0. The van der Waals surface area contributed by atoms with E-state index < -0.39 is 0 Å². The zero-order valence-electron chi connectivity index (χ0n) is 14.5. The van der Waals surface area contributed by atoms with Crippen molar-refractivity contribution in [1.82, 2.24) is 20.4 Å². The van der Waals surface area contributed by atoms with Crippen LogP contribution in [-0.4, -0.2) is 40.3 Å². The van der Waals surface area contributed by atoms with Gasteiger partial charge in [-0.05, 0) is 35.8 Å². The highest BCUT2D eigenvalue weighted by Gasteiger charge is 2.15. The monoisotopic (exact) mass is 471 g/mol. The van der Waals surface area contributed by atoms with Gasteiger partial charge in [0.15, 0.2) is 5.96 Å². The molecule has 0 radical (unpaired) electrons. The molecule has 2 aromatic rings. The van der Waals surface area contributed by atoms with E-state index >= 15 is 0 Å². The average molecular weight is 471 g/mol. The van der Waals surface area contributed by atoms with Crippen LogP contribution in [0.3, 0.4) is 0 Å². The number of thioether (sulfide) groups is 1. The Morgan fingerprint density at radius 1 is 1.28 bits per heavy atom. The van der Waals surface area contributed by atoms with Gasteiger partial charge in [-0.2, -0.15) is 16.9 Å². The Bertz CT molecular complexity index is 653. The number of aliphatic imine (C=N–C) groups is 1. The Hall–Kier alpha value is -1.22. The van der Waals surface area contributed by atoms with E-state index in [1.807, 2.05) is 30.2 Å². The van der Waals surface area contributed by atoms with Crippen LogP contribution in [-0.2, 0) is 13.1 Å². The second-order valence-corrected chi connectivity index (χ2v) is 7.32. The van der Waals surface area contributed by atoms with Crippen molar-refractivity contribution in [2.24, 2.45) is 4.99 Å². The number of hydrogen-bond donors (Lipinski definition) is 2. The zero-order valence-corrected chi connectivity index (χ0v) is 17.7. The van der Waals surface area contributed by atoms with Crippen molar-refractivity contribution in [2.45, 2.75) is 31.2 Å². The highest BCUT2D eigenvalue weighted by atomic mass is 127. The molecule has 0 bridgehead atoms. The molecule has 136 valence electrons. The van der Waals surface area contributed by atoms with Crippen molar-refractivity contribution in [1.29, 1.82) is 0 Å². The lowest BCUT2D eigenvalue weighted by molar-refractivity contribution is 0.676. The molecule has 0 saturated carbocycles. The first-order valence-corrected chi connectivity index (χ1v) is 9.50. The van der Waals surface area contributed by atoms with Gasteiger partial charge < -0.3 is 10.6 Å². The SMILES string of the molecule is CN=C(NCc1ccccc1Cn1cccn1)NCC1CCCS1.I. The molecule has 1 unspecified atom stereocenters. The third-order valence-corrected chi connectivity index (χ3v) is 5.60. The van der Waals surface area contributed by atoms with E-state index in [1.54, 1.807) is 0 Å². The van der Waals surface area contributed by atoms with E-state index in [0.717, 1.165) is 30.8 Å². The minimum Gasteiger partial charge on any atom is -0.355 e. The molecule has 1 aliphatic heterocycles. The van der Waals surface area contributed by atoms with Gasteiger partial charge >= 0.3 is 0 Å². The summed E-state index contributed by atoms with van der Waals surface area (Å²) in [6.07, 6.45) is 6.45. The molecule has 3 rings (SSSR count). The molecule has 1 saturated heterocycles. The molecule has 0 spiro atoms. The summed E-state index contributed by atoms with van der Waals surface area (Å²) in [4.78, 5) is 4.34. The first-order valence-electron chi connectivity index (χ1n) is 8.45. The molecule has 1 aromatic carbocycles. The van der Waals surface area contributed by atoms with Crippen molar-refractivity contribution in [3.63, 3.8) is 0 Å². The summed E-state index contributed by atoms with van der Waals surface area (Å²) in [7, 11) is 1.83. The molecule has 0 aliphatic carbocycles. The van der Waals surface area contributed by atoms with Gasteiger partial charge in [-0.3, -0.25) is 9.67 Å². The van der Waals surface area contributed by atoms with Crippen molar-refractivity contribution in [3.05, 3.63) is 53.9 Å².